The molecule has 0 unspecified atom stereocenters. The van der Waals surface area contributed by atoms with Crippen LogP contribution >= 0.6 is 0 Å². The van der Waals surface area contributed by atoms with Crippen LogP contribution < -0.4 is 10.6 Å². The van der Waals surface area contributed by atoms with Crippen molar-refractivity contribution in [2.45, 2.75) is 19.8 Å². The van der Waals surface area contributed by atoms with Crippen LogP contribution in [0.3, 0.4) is 0 Å². The first kappa shape index (κ1) is 15.4. The van der Waals surface area contributed by atoms with Crippen molar-refractivity contribution in [2.75, 3.05) is 39.0 Å². The molecular weight excluding hydrogens is 242 g/mol. The lowest BCUT2D eigenvalue weighted by atomic mass is 10.3. The lowest BCUT2D eigenvalue weighted by Gasteiger charge is -2.09. The van der Waals surface area contributed by atoms with Gasteiger partial charge in [0.15, 0.2) is 0 Å². The highest BCUT2D eigenvalue weighted by Gasteiger charge is 2.06. The van der Waals surface area contributed by atoms with Crippen molar-refractivity contribution < 1.29 is 4.79 Å². The Morgan fingerprint density at radius 2 is 2.05 bits per heavy atom. The van der Waals surface area contributed by atoms with Gasteiger partial charge in [-0.25, -0.2) is 9.97 Å². The van der Waals surface area contributed by atoms with Gasteiger partial charge in [-0.2, -0.15) is 0 Å². The standard InChI is InChI=1S/C13H23N5O/c1-4-14-12-10-16-11(9-17-12)13(19)15-7-5-6-8-18(2)3/h9-10H,4-8H2,1-3H3,(H,14,17)(H,15,19). The fraction of sp³-hybridized carbons (Fsp3) is 0.615. The van der Waals surface area contributed by atoms with Crippen molar-refractivity contribution in [3.63, 3.8) is 0 Å². The predicted molar refractivity (Wildman–Crippen MR) is 76.3 cm³/mol. The number of nitrogens with one attached hydrogen (secondary N) is 2. The number of anilines is 1. The second-order valence-electron chi connectivity index (χ2n) is 4.58. The summed E-state index contributed by atoms with van der Waals surface area (Å²) in [4.78, 5) is 22.1. The van der Waals surface area contributed by atoms with E-state index in [-0.39, 0.29) is 5.91 Å². The van der Waals surface area contributed by atoms with Gasteiger partial charge in [0.2, 0.25) is 0 Å². The molecule has 106 valence electrons. The van der Waals surface area contributed by atoms with Crippen LogP contribution in [0, 0.1) is 0 Å². The summed E-state index contributed by atoms with van der Waals surface area (Å²) < 4.78 is 0. The average Bonchev–Trinajstić information content (AvgIpc) is 2.39. The van der Waals surface area contributed by atoms with E-state index < -0.39 is 0 Å². The van der Waals surface area contributed by atoms with E-state index in [9.17, 15) is 4.79 Å². The first-order valence-corrected chi connectivity index (χ1v) is 6.62. The lowest BCUT2D eigenvalue weighted by Crippen LogP contribution is -2.26. The quantitative estimate of drug-likeness (QED) is 0.686. The molecular formula is C13H23N5O. The maximum absolute atomic E-state index is 11.8. The van der Waals surface area contributed by atoms with E-state index in [1.165, 1.54) is 6.20 Å². The SMILES string of the molecule is CCNc1cnc(C(=O)NCCCCN(C)C)cn1. The molecule has 0 saturated carbocycles. The summed E-state index contributed by atoms with van der Waals surface area (Å²) in [6, 6.07) is 0. The van der Waals surface area contributed by atoms with Crippen molar-refractivity contribution >= 4 is 11.7 Å². The van der Waals surface area contributed by atoms with Crippen molar-refractivity contribution in [2.24, 2.45) is 0 Å². The molecule has 1 aromatic rings. The minimum atomic E-state index is -0.166. The van der Waals surface area contributed by atoms with Gasteiger partial charge in [0.25, 0.3) is 5.91 Å². The molecule has 0 saturated heterocycles. The zero-order chi connectivity index (χ0) is 14.1. The van der Waals surface area contributed by atoms with Gasteiger partial charge < -0.3 is 15.5 Å². The maximum Gasteiger partial charge on any atom is 0.271 e. The van der Waals surface area contributed by atoms with Gasteiger partial charge in [0.05, 0.1) is 12.4 Å². The van der Waals surface area contributed by atoms with E-state index in [2.05, 4.69) is 25.5 Å². The molecule has 0 aliphatic carbocycles. The lowest BCUT2D eigenvalue weighted by molar-refractivity contribution is 0.0947. The Morgan fingerprint density at radius 3 is 2.63 bits per heavy atom. The second-order valence-corrected chi connectivity index (χ2v) is 4.58. The number of amides is 1. The van der Waals surface area contributed by atoms with E-state index in [0.717, 1.165) is 25.9 Å². The van der Waals surface area contributed by atoms with Crippen molar-refractivity contribution in [1.29, 1.82) is 0 Å². The molecule has 6 heteroatoms. The molecule has 0 aliphatic heterocycles. The van der Waals surface area contributed by atoms with Crippen LogP contribution in [-0.4, -0.2) is 54.5 Å². The third-order valence-electron chi connectivity index (χ3n) is 2.56. The second kappa shape index (κ2) is 8.42. The van der Waals surface area contributed by atoms with Crippen LogP contribution in [-0.2, 0) is 0 Å². The van der Waals surface area contributed by atoms with Crippen LogP contribution in [0.4, 0.5) is 5.82 Å². The van der Waals surface area contributed by atoms with Crippen LogP contribution in [0.2, 0.25) is 0 Å². The van der Waals surface area contributed by atoms with Crippen LogP contribution in [0.25, 0.3) is 0 Å². The Bertz CT molecular complexity index is 377. The number of hydrogen-bond acceptors (Lipinski definition) is 5. The highest BCUT2D eigenvalue weighted by Crippen LogP contribution is 2.00. The summed E-state index contributed by atoms with van der Waals surface area (Å²) in [6.07, 6.45) is 5.10. The molecule has 2 N–H and O–H groups in total. The zero-order valence-corrected chi connectivity index (χ0v) is 11.9. The average molecular weight is 265 g/mol. The van der Waals surface area contributed by atoms with Gasteiger partial charge in [-0.1, -0.05) is 0 Å². The molecule has 1 heterocycles. The Hall–Kier alpha value is -1.69. The number of nitrogens with zero attached hydrogens (tertiary/aromatic N) is 3. The van der Waals surface area contributed by atoms with Crippen LogP contribution in [0.5, 0.6) is 0 Å². The highest BCUT2D eigenvalue weighted by atomic mass is 16.1. The number of hydrogen-bond donors (Lipinski definition) is 2. The molecule has 0 spiro atoms. The summed E-state index contributed by atoms with van der Waals surface area (Å²) in [6.45, 7) is 4.47. The molecule has 0 aliphatic rings. The van der Waals surface area contributed by atoms with Crippen molar-refractivity contribution in [3.05, 3.63) is 18.1 Å². The highest BCUT2D eigenvalue weighted by molar-refractivity contribution is 5.91. The molecule has 0 aromatic carbocycles. The van der Waals surface area contributed by atoms with Gasteiger partial charge in [0.1, 0.15) is 11.5 Å². The molecule has 1 rings (SSSR count). The Kier molecular flexibility index (Phi) is 6.81. The molecule has 0 atom stereocenters. The van der Waals surface area contributed by atoms with Crippen molar-refractivity contribution in [3.8, 4) is 0 Å². The Balaban J connectivity index is 2.29. The summed E-state index contributed by atoms with van der Waals surface area (Å²) in [5.74, 6) is 0.519. The normalized spacial score (nSPS) is 10.5. The number of unbranched alkanes of at least 4 members (excludes halogenated alkanes) is 1. The van der Waals surface area contributed by atoms with Crippen LogP contribution in [0.1, 0.15) is 30.3 Å². The van der Waals surface area contributed by atoms with Gasteiger partial charge in [-0.05, 0) is 40.4 Å². The first-order chi connectivity index (χ1) is 9.13. The molecule has 19 heavy (non-hydrogen) atoms. The third-order valence-corrected chi connectivity index (χ3v) is 2.56. The number of carbonyl (C=O) groups is 1. The molecule has 1 aromatic heterocycles. The third kappa shape index (κ3) is 6.15. The minimum Gasteiger partial charge on any atom is -0.369 e. The number of aromatic nitrogens is 2. The summed E-state index contributed by atoms with van der Waals surface area (Å²) in [5.41, 5.74) is 0.356. The van der Waals surface area contributed by atoms with Crippen molar-refractivity contribution in [1.82, 2.24) is 20.2 Å². The van der Waals surface area contributed by atoms with E-state index >= 15 is 0 Å². The monoisotopic (exact) mass is 265 g/mol. The maximum atomic E-state index is 11.8. The summed E-state index contributed by atoms with van der Waals surface area (Å²) in [7, 11) is 4.08. The van der Waals surface area contributed by atoms with Gasteiger partial charge >= 0.3 is 0 Å². The largest absolute Gasteiger partial charge is 0.369 e. The summed E-state index contributed by atoms with van der Waals surface area (Å²) >= 11 is 0. The molecule has 0 bridgehead atoms. The predicted octanol–water partition coefficient (Wildman–Crippen LogP) is 0.980. The Labute approximate surface area is 114 Å². The van der Waals surface area contributed by atoms with E-state index in [0.29, 0.717) is 18.1 Å². The van der Waals surface area contributed by atoms with Gasteiger partial charge in [0, 0.05) is 13.1 Å². The van der Waals surface area contributed by atoms with Gasteiger partial charge in [-0.3, -0.25) is 4.79 Å². The molecule has 6 nitrogen and oxygen atoms in total. The van der Waals surface area contributed by atoms with E-state index in [1.54, 1.807) is 6.20 Å². The van der Waals surface area contributed by atoms with Crippen LogP contribution in [0.15, 0.2) is 12.4 Å². The smallest absolute Gasteiger partial charge is 0.271 e. The molecule has 1 amide bonds. The zero-order valence-electron chi connectivity index (χ0n) is 11.9. The molecule has 0 radical (unpaired) electrons. The Morgan fingerprint density at radius 1 is 1.26 bits per heavy atom. The first-order valence-electron chi connectivity index (χ1n) is 6.62. The van der Waals surface area contributed by atoms with Gasteiger partial charge in [-0.15, -0.1) is 0 Å². The fourth-order valence-electron chi connectivity index (χ4n) is 1.56. The molecule has 0 fully saturated rings. The number of carbonyl (C=O) groups excluding carboxylic acids is 1. The fourth-order valence-corrected chi connectivity index (χ4v) is 1.56. The van der Waals surface area contributed by atoms with E-state index in [4.69, 9.17) is 0 Å². The summed E-state index contributed by atoms with van der Waals surface area (Å²) in [5, 5.41) is 5.88. The minimum absolute atomic E-state index is 0.166. The van der Waals surface area contributed by atoms with E-state index in [1.807, 2.05) is 21.0 Å². The number of rotatable bonds is 8. The topological polar surface area (TPSA) is 70.2 Å².